The van der Waals surface area contributed by atoms with Crippen LogP contribution in [0.25, 0.3) is 17.2 Å². The standard InChI is InChI=1S/C22H14FN2OS.C2H4O2.Na/c23-18-12-10-17(11-13-18)16-8-6-15(7-9-16)14-20-21(26)25-22(27-20)24-19-4-2-1-3-5-19;1-2(3)4;/h2-14H,(H,24,25,26);1H3,(H,3,4);/b20-14+;;. The molecule has 5 nitrogen and oxygen atoms in total. The first-order chi connectivity index (χ1) is 15.3. The van der Waals surface area contributed by atoms with Gasteiger partial charge in [0.25, 0.3) is 5.97 Å². The van der Waals surface area contributed by atoms with E-state index in [2.05, 4.69) is 22.4 Å². The van der Waals surface area contributed by atoms with Gasteiger partial charge in [0.1, 0.15) is 5.82 Å². The van der Waals surface area contributed by atoms with Crippen LogP contribution in [-0.2, 0) is 9.59 Å². The fourth-order valence-electron chi connectivity index (χ4n) is 2.79. The number of benzene rings is 3. The van der Waals surface area contributed by atoms with E-state index in [4.69, 9.17) is 9.90 Å². The molecule has 0 aliphatic carbocycles. The van der Waals surface area contributed by atoms with E-state index in [1.54, 1.807) is 12.1 Å². The Bertz CT molecular complexity index is 1170. The molecule has 1 amide bonds. The fraction of sp³-hybridized carbons (Fsp3) is 0.0417. The first-order valence-corrected chi connectivity index (χ1v) is 11.5. The fourth-order valence-corrected chi connectivity index (χ4v) is 3.96. The van der Waals surface area contributed by atoms with E-state index in [0.717, 1.165) is 57.2 Å². The average Bonchev–Trinajstić information content (AvgIpc) is 3.09. The van der Waals surface area contributed by atoms with E-state index in [9.17, 15) is 9.18 Å². The molecule has 1 aliphatic heterocycles. The number of halogens is 1. The van der Waals surface area contributed by atoms with Crippen LogP contribution in [0, 0.1) is 5.82 Å². The minimum atomic E-state index is -0.833. The van der Waals surface area contributed by atoms with Crippen molar-refractivity contribution in [2.24, 2.45) is 4.99 Å². The second kappa shape index (κ2) is 11.2. The van der Waals surface area contributed by atoms with E-state index in [1.807, 2.05) is 42.5 Å². The molecule has 0 bridgehead atoms. The number of anilines is 1. The Hall–Kier alpha value is -2.71. The van der Waals surface area contributed by atoms with Crippen molar-refractivity contribution in [2.75, 3.05) is 5.32 Å². The zero-order chi connectivity index (χ0) is 23.1. The molecule has 3 aromatic rings. The summed E-state index contributed by atoms with van der Waals surface area (Å²) in [6.45, 7) is 1.08. The van der Waals surface area contributed by atoms with E-state index in [-0.39, 0.29) is 11.7 Å². The summed E-state index contributed by atoms with van der Waals surface area (Å²) in [5.41, 5.74) is 3.78. The van der Waals surface area contributed by atoms with Crippen molar-refractivity contribution in [2.45, 2.75) is 6.92 Å². The Morgan fingerprint density at radius 3 is 2.09 bits per heavy atom. The number of carbonyl (C=O) groups excluding carboxylic acids is 1. The van der Waals surface area contributed by atoms with E-state index < -0.39 is 5.97 Å². The maximum absolute atomic E-state index is 13.1. The van der Waals surface area contributed by atoms with Crippen LogP contribution < -0.4 is 8.13 Å². The van der Waals surface area contributed by atoms with Gasteiger partial charge in [0, 0.05) is 6.92 Å². The number of carbonyl (C=O) groups is 2. The van der Waals surface area contributed by atoms with Crippen LogP contribution in [0.3, 0.4) is 0 Å². The summed E-state index contributed by atoms with van der Waals surface area (Å²) in [7, 11) is 0. The summed E-state index contributed by atoms with van der Waals surface area (Å²) < 4.78 is 14.4. The van der Waals surface area contributed by atoms with E-state index in [0.29, 0.717) is 10.1 Å². The molecule has 0 radical (unpaired) electrons. The first-order valence-electron chi connectivity index (χ1n) is 9.72. The van der Waals surface area contributed by atoms with Gasteiger partial charge in [0.05, 0.1) is 0 Å². The SMILES string of the molecule is CC(=O)O.O=C1N=C(Nc2cc[c]([Na])cc2)S/C1=C/c1ccc(-c2ccc(F)cc2)cc1. The molecule has 8 heteroatoms. The van der Waals surface area contributed by atoms with E-state index >= 15 is 0 Å². The van der Waals surface area contributed by atoms with Crippen LogP contribution in [-0.4, -0.2) is 50.1 Å². The number of carboxylic acid groups (broad SMARTS) is 1. The van der Waals surface area contributed by atoms with Gasteiger partial charge in [-0.25, -0.2) is 4.39 Å². The molecule has 2 N–H and O–H groups in total. The molecule has 0 spiro atoms. The first kappa shape index (κ1) is 23.9. The predicted molar refractivity (Wildman–Crippen MR) is 129 cm³/mol. The van der Waals surface area contributed by atoms with Gasteiger partial charge in [0.2, 0.25) is 0 Å². The van der Waals surface area contributed by atoms with Gasteiger partial charge < -0.3 is 5.11 Å². The Morgan fingerprint density at radius 2 is 1.53 bits per heavy atom. The molecular formula is C24H18FN2NaO3S. The number of rotatable bonds is 3. The molecule has 3 aromatic carbocycles. The maximum atomic E-state index is 13.1. The molecule has 1 heterocycles. The topological polar surface area (TPSA) is 78.8 Å². The number of aliphatic carboxylic acids is 1. The van der Waals surface area contributed by atoms with Gasteiger partial charge in [-0.05, 0) is 23.3 Å². The molecular weight excluding hydrogens is 438 g/mol. The van der Waals surface area contributed by atoms with Gasteiger partial charge in [-0.3, -0.25) is 4.79 Å². The normalized spacial score (nSPS) is 13.9. The average molecular weight is 456 g/mol. The van der Waals surface area contributed by atoms with Crippen LogP contribution in [0.2, 0.25) is 0 Å². The Labute approximate surface area is 206 Å². The number of carboxylic acids is 1. The Balaban J connectivity index is 0.000000668. The second-order valence-electron chi connectivity index (χ2n) is 6.97. The summed E-state index contributed by atoms with van der Waals surface area (Å²) in [6, 6.07) is 22.3. The van der Waals surface area contributed by atoms with Crippen LogP contribution in [0.15, 0.2) is 82.7 Å². The van der Waals surface area contributed by atoms with Gasteiger partial charge in [-0.2, -0.15) is 0 Å². The van der Waals surface area contributed by atoms with Gasteiger partial charge >= 0.3 is 139 Å². The molecule has 0 saturated heterocycles. The number of amides is 1. The third-order valence-corrected chi connectivity index (χ3v) is 5.88. The van der Waals surface area contributed by atoms with Crippen molar-refractivity contribution in [1.82, 2.24) is 0 Å². The summed E-state index contributed by atoms with van der Waals surface area (Å²) in [4.78, 5) is 25.9. The Kier molecular flexibility index (Phi) is 8.41. The molecule has 32 heavy (non-hydrogen) atoms. The number of nitrogens with one attached hydrogen (secondary N) is 1. The van der Waals surface area contributed by atoms with Crippen LogP contribution in [0.1, 0.15) is 12.5 Å². The van der Waals surface area contributed by atoms with Gasteiger partial charge in [-0.1, -0.05) is 12.1 Å². The molecule has 0 fully saturated rings. The van der Waals surface area contributed by atoms with Gasteiger partial charge in [-0.15, -0.1) is 0 Å². The van der Waals surface area contributed by atoms with Crippen molar-refractivity contribution in [3.05, 3.63) is 89.1 Å². The molecule has 0 atom stereocenters. The summed E-state index contributed by atoms with van der Waals surface area (Å²) in [5.74, 6) is -1.33. The van der Waals surface area contributed by atoms with Crippen molar-refractivity contribution in [1.29, 1.82) is 0 Å². The number of hydrogen-bond donors (Lipinski definition) is 2. The molecule has 0 saturated carbocycles. The predicted octanol–water partition coefficient (Wildman–Crippen LogP) is 4.46. The van der Waals surface area contributed by atoms with Crippen molar-refractivity contribution in [3.63, 3.8) is 0 Å². The zero-order valence-electron chi connectivity index (χ0n) is 17.5. The van der Waals surface area contributed by atoms with Crippen molar-refractivity contribution >= 4 is 71.3 Å². The van der Waals surface area contributed by atoms with Gasteiger partial charge in [0.15, 0.2) is 0 Å². The minimum absolute atomic E-state index is 0.241. The summed E-state index contributed by atoms with van der Waals surface area (Å²) in [6.07, 6.45) is 1.83. The number of hydrogen-bond acceptors (Lipinski definition) is 4. The van der Waals surface area contributed by atoms with Crippen LogP contribution in [0.5, 0.6) is 0 Å². The number of amidine groups is 1. The third kappa shape index (κ3) is 7.17. The quantitative estimate of drug-likeness (QED) is 0.450. The number of aliphatic imine (C=N–C) groups is 1. The summed E-state index contributed by atoms with van der Waals surface area (Å²) in [5, 5.41) is 11.2. The van der Waals surface area contributed by atoms with Crippen LogP contribution in [0.4, 0.5) is 10.1 Å². The molecule has 0 unspecified atom stereocenters. The molecule has 4 rings (SSSR count). The second-order valence-corrected chi connectivity index (χ2v) is 9.16. The molecule has 0 aromatic heterocycles. The molecule has 1 aliphatic rings. The monoisotopic (exact) mass is 456 g/mol. The van der Waals surface area contributed by atoms with E-state index in [1.165, 1.54) is 26.7 Å². The van der Waals surface area contributed by atoms with Crippen LogP contribution >= 0.6 is 11.8 Å². The summed E-state index contributed by atoms with van der Waals surface area (Å²) >= 11 is 2.34. The number of thioether (sulfide) groups is 1. The van der Waals surface area contributed by atoms with Crippen molar-refractivity contribution < 1.29 is 19.1 Å². The van der Waals surface area contributed by atoms with Crippen molar-refractivity contribution in [3.8, 4) is 11.1 Å². The Morgan fingerprint density at radius 1 is 1.00 bits per heavy atom. The number of nitrogens with zero attached hydrogens (tertiary/aromatic N) is 1. The molecule has 156 valence electrons. The third-order valence-electron chi connectivity index (χ3n) is 4.31. The zero-order valence-corrected chi connectivity index (χ0v) is 20.3.